The molecule has 1 aliphatic heterocycles. The van der Waals surface area contributed by atoms with E-state index in [2.05, 4.69) is 20.9 Å². The van der Waals surface area contributed by atoms with Crippen LogP contribution in [0.2, 0.25) is 0 Å². The highest BCUT2D eigenvalue weighted by molar-refractivity contribution is 6.06. The highest BCUT2D eigenvalue weighted by Crippen LogP contribution is 2.22. The fourth-order valence-corrected chi connectivity index (χ4v) is 3.44. The Bertz CT molecular complexity index is 1050. The van der Waals surface area contributed by atoms with Crippen LogP contribution >= 0.6 is 0 Å². The van der Waals surface area contributed by atoms with Crippen molar-refractivity contribution in [2.24, 2.45) is 0 Å². The molecule has 172 valence electrons. The lowest BCUT2D eigenvalue weighted by Crippen LogP contribution is -2.17. The van der Waals surface area contributed by atoms with Gasteiger partial charge in [-0.15, -0.1) is 0 Å². The van der Waals surface area contributed by atoms with Crippen LogP contribution in [-0.2, 0) is 0 Å². The zero-order chi connectivity index (χ0) is 23.6. The van der Waals surface area contributed by atoms with E-state index in [-0.39, 0.29) is 11.8 Å². The first-order valence-electron chi connectivity index (χ1n) is 10.9. The molecule has 0 spiro atoms. The molecule has 4 rings (SSSR count). The normalized spacial score (nSPS) is 12.5. The topological polar surface area (TPSA) is 73.5 Å². The minimum absolute atomic E-state index is 0.222. The molecular weight excluding hydrogens is 419 g/mol. The summed E-state index contributed by atoms with van der Waals surface area (Å²) in [7, 11) is 3.75. The Kier molecular flexibility index (Phi) is 8.55. The molecular formula is C26H29FN4O2. The van der Waals surface area contributed by atoms with Gasteiger partial charge >= 0.3 is 0 Å². The summed E-state index contributed by atoms with van der Waals surface area (Å²) < 4.78 is 13.0. The van der Waals surface area contributed by atoms with Crippen LogP contribution in [0.15, 0.2) is 72.8 Å². The van der Waals surface area contributed by atoms with Gasteiger partial charge in [0.1, 0.15) is 5.82 Å². The first-order valence-corrected chi connectivity index (χ1v) is 10.9. The van der Waals surface area contributed by atoms with Gasteiger partial charge in [-0.3, -0.25) is 9.59 Å². The van der Waals surface area contributed by atoms with Crippen molar-refractivity contribution in [3.63, 3.8) is 0 Å². The average Bonchev–Trinajstić information content (AvgIpc) is 3.36. The Morgan fingerprint density at radius 1 is 0.697 bits per heavy atom. The van der Waals surface area contributed by atoms with Crippen LogP contribution in [0.1, 0.15) is 33.6 Å². The molecule has 0 aromatic heterocycles. The summed E-state index contributed by atoms with van der Waals surface area (Å²) in [6.45, 7) is 2.16. The second kappa shape index (κ2) is 11.8. The van der Waals surface area contributed by atoms with Crippen LogP contribution in [0.25, 0.3) is 0 Å². The van der Waals surface area contributed by atoms with Crippen molar-refractivity contribution in [3.05, 3.63) is 89.7 Å². The second-order valence-electron chi connectivity index (χ2n) is 7.73. The molecule has 6 nitrogen and oxygen atoms in total. The van der Waals surface area contributed by atoms with Crippen LogP contribution in [0.4, 0.5) is 21.5 Å². The largest absolute Gasteiger partial charge is 0.372 e. The van der Waals surface area contributed by atoms with Gasteiger partial charge in [-0.25, -0.2) is 4.39 Å². The quantitative estimate of drug-likeness (QED) is 0.526. The lowest BCUT2D eigenvalue weighted by molar-refractivity contribution is 0.102. The van der Waals surface area contributed by atoms with Gasteiger partial charge in [0.25, 0.3) is 11.8 Å². The third-order valence-corrected chi connectivity index (χ3v) is 5.11. The fourth-order valence-electron chi connectivity index (χ4n) is 3.44. The Morgan fingerprint density at radius 3 is 1.55 bits per heavy atom. The van der Waals surface area contributed by atoms with E-state index in [1.807, 2.05) is 38.4 Å². The van der Waals surface area contributed by atoms with Gasteiger partial charge in [0.2, 0.25) is 0 Å². The van der Waals surface area contributed by atoms with E-state index >= 15 is 0 Å². The van der Waals surface area contributed by atoms with Crippen LogP contribution in [0, 0.1) is 5.82 Å². The van der Waals surface area contributed by atoms with E-state index in [0.717, 1.165) is 18.8 Å². The number of halogens is 1. The van der Waals surface area contributed by atoms with Gasteiger partial charge in [0.15, 0.2) is 0 Å². The first kappa shape index (κ1) is 23.9. The number of carbonyl (C=O) groups excluding carboxylic acids is 2. The van der Waals surface area contributed by atoms with Crippen molar-refractivity contribution >= 4 is 28.9 Å². The number of nitrogens with one attached hydrogen (secondary N) is 3. The van der Waals surface area contributed by atoms with Crippen molar-refractivity contribution in [2.75, 3.05) is 42.7 Å². The van der Waals surface area contributed by atoms with E-state index in [1.165, 1.54) is 42.8 Å². The van der Waals surface area contributed by atoms with Crippen molar-refractivity contribution in [1.82, 2.24) is 5.32 Å². The van der Waals surface area contributed by atoms with Crippen LogP contribution in [0.3, 0.4) is 0 Å². The molecule has 33 heavy (non-hydrogen) atoms. The Morgan fingerprint density at radius 2 is 1.09 bits per heavy atom. The molecule has 0 saturated carbocycles. The summed E-state index contributed by atoms with van der Waals surface area (Å²) in [5, 5.41) is 8.37. The lowest BCUT2D eigenvalue weighted by atomic mass is 10.1. The van der Waals surface area contributed by atoms with E-state index < -0.39 is 5.82 Å². The molecule has 0 bridgehead atoms. The SMILES string of the molecule is CNC.O=C(Nc1ccc(C(=O)Nc2ccc(N3CCCC3)cc2)cc1)c1ccc(F)cc1. The van der Waals surface area contributed by atoms with Crippen LogP contribution in [0.5, 0.6) is 0 Å². The minimum atomic E-state index is -0.396. The highest BCUT2D eigenvalue weighted by Gasteiger charge is 2.13. The summed E-state index contributed by atoms with van der Waals surface area (Å²) in [5.74, 6) is -0.960. The zero-order valence-electron chi connectivity index (χ0n) is 18.9. The smallest absolute Gasteiger partial charge is 0.255 e. The molecule has 1 saturated heterocycles. The monoisotopic (exact) mass is 448 g/mol. The van der Waals surface area contributed by atoms with Gasteiger partial charge in [-0.1, -0.05) is 0 Å². The number of nitrogens with zero attached hydrogens (tertiary/aromatic N) is 1. The van der Waals surface area contributed by atoms with Crippen molar-refractivity contribution < 1.29 is 14.0 Å². The molecule has 7 heteroatoms. The maximum atomic E-state index is 13.0. The van der Waals surface area contributed by atoms with Gasteiger partial charge < -0.3 is 20.9 Å². The zero-order valence-corrected chi connectivity index (χ0v) is 18.9. The summed E-state index contributed by atoms with van der Waals surface area (Å²) in [5.41, 5.74) is 3.30. The van der Waals surface area contributed by atoms with Crippen molar-refractivity contribution in [3.8, 4) is 0 Å². The maximum absolute atomic E-state index is 13.0. The first-order chi connectivity index (χ1) is 16.0. The standard InChI is InChI=1S/C24H22FN3O2.C2H7N/c25-19-7-3-17(4-8-19)23(29)26-20-9-5-18(6-10-20)24(30)27-21-11-13-22(14-12-21)28-15-1-2-16-28;1-3-2/h3-14H,1-2,15-16H2,(H,26,29)(H,27,30);3H,1-2H3. The van der Waals surface area contributed by atoms with E-state index in [9.17, 15) is 14.0 Å². The highest BCUT2D eigenvalue weighted by atomic mass is 19.1. The van der Waals surface area contributed by atoms with Crippen molar-refractivity contribution in [2.45, 2.75) is 12.8 Å². The molecule has 0 radical (unpaired) electrons. The Labute approximate surface area is 193 Å². The molecule has 3 aromatic carbocycles. The Hall–Kier alpha value is -3.71. The molecule has 0 unspecified atom stereocenters. The molecule has 0 atom stereocenters. The summed E-state index contributed by atoms with van der Waals surface area (Å²) in [6, 6.07) is 19.8. The molecule has 0 aliphatic carbocycles. The number of rotatable bonds is 5. The number of benzene rings is 3. The van der Waals surface area contributed by atoms with Gasteiger partial charge in [-0.2, -0.15) is 0 Å². The number of amides is 2. The number of anilines is 3. The van der Waals surface area contributed by atoms with Crippen LogP contribution < -0.4 is 20.9 Å². The Balaban J connectivity index is 0.000000968. The fraction of sp³-hybridized carbons (Fsp3) is 0.231. The summed E-state index contributed by atoms with van der Waals surface area (Å²) in [6.07, 6.45) is 2.44. The van der Waals surface area contributed by atoms with Gasteiger partial charge in [-0.05, 0) is 99.7 Å². The molecule has 1 heterocycles. The van der Waals surface area contributed by atoms with E-state index in [4.69, 9.17) is 0 Å². The lowest BCUT2D eigenvalue weighted by Gasteiger charge is -2.17. The van der Waals surface area contributed by atoms with Crippen molar-refractivity contribution in [1.29, 1.82) is 0 Å². The summed E-state index contributed by atoms with van der Waals surface area (Å²) in [4.78, 5) is 27.0. The summed E-state index contributed by atoms with van der Waals surface area (Å²) >= 11 is 0. The average molecular weight is 449 g/mol. The molecule has 2 amide bonds. The third kappa shape index (κ3) is 6.89. The molecule has 3 aromatic rings. The van der Waals surface area contributed by atoms with Crippen LogP contribution in [-0.4, -0.2) is 39.0 Å². The van der Waals surface area contributed by atoms with E-state index in [0.29, 0.717) is 16.8 Å². The second-order valence-corrected chi connectivity index (χ2v) is 7.73. The molecule has 3 N–H and O–H groups in total. The molecule has 1 aliphatic rings. The predicted octanol–water partition coefficient (Wildman–Crippen LogP) is 4.77. The molecule has 1 fully saturated rings. The van der Waals surface area contributed by atoms with Gasteiger partial charge in [0.05, 0.1) is 0 Å². The minimum Gasteiger partial charge on any atom is -0.372 e. The number of carbonyl (C=O) groups is 2. The third-order valence-electron chi connectivity index (χ3n) is 5.11. The number of hydrogen-bond acceptors (Lipinski definition) is 4. The maximum Gasteiger partial charge on any atom is 0.255 e. The number of hydrogen-bond donors (Lipinski definition) is 3. The van der Waals surface area contributed by atoms with Gasteiger partial charge in [0, 0.05) is 41.3 Å². The van der Waals surface area contributed by atoms with E-state index in [1.54, 1.807) is 24.3 Å². The predicted molar refractivity (Wildman–Crippen MR) is 132 cm³/mol.